The molecule has 0 aliphatic heterocycles. The number of ether oxygens (including phenoxy) is 1. The number of hydrogen-bond acceptors (Lipinski definition) is 4. The molecule has 0 aromatic heterocycles. The van der Waals surface area contributed by atoms with E-state index in [0.29, 0.717) is 16.9 Å². The van der Waals surface area contributed by atoms with Crippen molar-refractivity contribution in [2.45, 2.75) is 0 Å². The fraction of sp³-hybridized carbons (Fsp3) is 0.0667. The predicted octanol–water partition coefficient (Wildman–Crippen LogP) is 2.93. The van der Waals surface area contributed by atoms with Crippen molar-refractivity contribution in [3.05, 3.63) is 58.1 Å². The summed E-state index contributed by atoms with van der Waals surface area (Å²) in [5, 5.41) is 13.5. The lowest BCUT2D eigenvalue weighted by Gasteiger charge is -2.03. The largest absolute Gasteiger partial charge is 0.504 e. The SMILES string of the molecule is COc1ccc(C=NNC(=O)c2cccc(Br)c2)cc1O. The van der Waals surface area contributed by atoms with Gasteiger partial charge >= 0.3 is 0 Å². The standard InChI is InChI=1S/C15H13BrN2O3/c1-21-14-6-5-10(7-13(14)19)9-17-18-15(20)11-3-2-4-12(16)8-11/h2-9,19H,1H3,(H,18,20). The van der Waals surface area contributed by atoms with Crippen molar-refractivity contribution >= 4 is 28.1 Å². The summed E-state index contributed by atoms with van der Waals surface area (Å²) in [6.07, 6.45) is 1.44. The van der Waals surface area contributed by atoms with Crippen LogP contribution in [0.1, 0.15) is 15.9 Å². The number of amides is 1. The summed E-state index contributed by atoms with van der Waals surface area (Å²) in [6.45, 7) is 0. The fourth-order valence-corrected chi connectivity index (χ4v) is 2.05. The van der Waals surface area contributed by atoms with Crippen LogP contribution in [0.2, 0.25) is 0 Å². The molecule has 0 fully saturated rings. The van der Waals surface area contributed by atoms with Gasteiger partial charge in [-0.15, -0.1) is 0 Å². The zero-order chi connectivity index (χ0) is 15.2. The highest BCUT2D eigenvalue weighted by Crippen LogP contribution is 2.25. The molecule has 6 heteroatoms. The quantitative estimate of drug-likeness (QED) is 0.659. The Hall–Kier alpha value is -2.34. The van der Waals surface area contributed by atoms with E-state index in [9.17, 15) is 9.90 Å². The molecule has 2 rings (SSSR count). The number of hydrogen-bond donors (Lipinski definition) is 2. The highest BCUT2D eigenvalue weighted by molar-refractivity contribution is 9.10. The van der Waals surface area contributed by atoms with Crippen LogP contribution in [0.15, 0.2) is 52.0 Å². The summed E-state index contributed by atoms with van der Waals surface area (Å²) in [5.41, 5.74) is 3.56. The number of halogens is 1. The van der Waals surface area contributed by atoms with E-state index >= 15 is 0 Å². The maximum absolute atomic E-state index is 11.8. The van der Waals surface area contributed by atoms with Crippen molar-refractivity contribution in [2.75, 3.05) is 7.11 Å². The van der Waals surface area contributed by atoms with Gasteiger partial charge in [-0.3, -0.25) is 4.79 Å². The number of nitrogens with zero attached hydrogens (tertiary/aromatic N) is 1. The molecule has 0 spiro atoms. The van der Waals surface area contributed by atoms with E-state index in [2.05, 4.69) is 26.5 Å². The Kier molecular flexibility index (Phi) is 4.94. The lowest BCUT2D eigenvalue weighted by atomic mass is 10.2. The summed E-state index contributed by atoms with van der Waals surface area (Å²) in [6, 6.07) is 11.8. The summed E-state index contributed by atoms with van der Waals surface area (Å²) in [4.78, 5) is 11.8. The molecular weight excluding hydrogens is 336 g/mol. The maximum atomic E-state index is 11.8. The smallest absolute Gasteiger partial charge is 0.271 e. The van der Waals surface area contributed by atoms with Gasteiger partial charge in [-0.2, -0.15) is 5.10 Å². The first-order valence-corrected chi connectivity index (χ1v) is 6.85. The molecule has 2 aromatic rings. The number of aromatic hydroxyl groups is 1. The molecule has 0 atom stereocenters. The van der Waals surface area contributed by atoms with E-state index in [1.807, 2.05) is 6.07 Å². The Labute approximate surface area is 130 Å². The van der Waals surface area contributed by atoms with Crippen LogP contribution in [0.25, 0.3) is 0 Å². The van der Waals surface area contributed by atoms with Crippen molar-refractivity contribution in [3.8, 4) is 11.5 Å². The molecule has 2 N–H and O–H groups in total. The number of nitrogens with one attached hydrogen (secondary N) is 1. The average Bonchev–Trinajstić information content (AvgIpc) is 2.47. The van der Waals surface area contributed by atoms with E-state index in [1.54, 1.807) is 30.3 Å². The van der Waals surface area contributed by atoms with Crippen LogP contribution in [-0.2, 0) is 0 Å². The first-order chi connectivity index (χ1) is 10.1. The van der Waals surface area contributed by atoms with Crippen LogP contribution in [0.3, 0.4) is 0 Å². The van der Waals surface area contributed by atoms with Gasteiger partial charge in [0.05, 0.1) is 13.3 Å². The molecule has 0 saturated carbocycles. The molecule has 2 aromatic carbocycles. The number of carbonyl (C=O) groups is 1. The molecule has 5 nitrogen and oxygen atoms in total. The number of carbonyl (C=O) groups excluding carboxylic acids is 1. The monoisotopic (exact) mass is 348 g/mol. The predicted molar refractivity (Wildman–Crippen MR) is 83.9 cm³/mol. The number of rotatable bonds is 4. The van der Waals surface area contributed by atoms with Crippen molar-refractivity contribution in [1.82, 2.24) is 5.43 Å². The highest BCUT2D eigenvalue weighted by Gasteiger charge is 2.04. The molecule has 0 unspecified atom stereocenters. The van der Waals surface area contributed by atoms with Crippen molar-refractivity contribution in [1.29, 1.82) is 0 Å². The van der Waals surface area contributed by atoms with Gasteiger partial charge in [-0.05, 0) is 42.0 Å². The molecule has 108 valence electrons. The Morgan fingerprint density at radius 2 is 2.14 bits per heavy atom. The molecule has 0 aliphatic rings. The van der Waals surface area contributed by atoms with Crippen molar-refractivity contribution in [2.24, 2.45) is 5.10 Å². The van der Waals surface area contributed by atoms with Crippen LogP contribution >= 0.6 is 15.9 Å². The van der Waals surface area contributed by atoms with Crippen LogP contribution in [-0.4, -0.2) is 24.3 Å². The molecule has 0 radical (unpaired) electrons. The second-order valence-electron chi connectivity index (χ2n) is 4.14. The van der Waals surface area contributed by atoms with Gasteiger partial charge in [0, 0.05) is 10.0 Å². The Balaban J connectivity index is 2.02. The van der Waals surface area contributed by atoms with Crippen LogP contribution in [0.4, 0.5) is 0 Å². The number of methoxy groups -OCH3 is 1. The minimum Gasteiger partial charge on any atom is -0.504 e. The van der Waals surface area contributed by atoms with Crippen molar-refractivity contribution in [3.63, 3.8) is 0 Å². The first kappa shape index (κ1) is 15.1. The minimum absolute atomic E-state index is 0.0137. The van der Waals surface area contributed by atoms with Crippen molar-refractivity contribution < 1.29 is 14.6 Å². The van der Waals surface area contributed by atoms with Gasteiger partial charge in [0.15, 0.2) is 11.5 Å². The van der Waals surface area contributed by atoms with Gasteiger partial charge in [0.1, 0.15) is 0 Å². The van der Waals surface area contributed by atoms with Gasteiger partial charge in [-0.25, -0.2) is 5.43 Å². The topological polar surface area (TPSA) is 70.9 Å². The maximum Gasteiger partial charge on any atom is 0.271 e. The van der Waals surface area contributed by atoms with E-state index in [0.717, 1.165) is 4.47 Å². The second-order valence-corrected chi connectivity index (χ2v) is 5.06. The van der Waals surface area contributed by atoms with Crippen LogP contribution in [0, 0.1) is 0 Å². The average molecular weight is 349 g/mol. The first-order valence-electron chi connectivity index (χ1n) is 6.06. The van der Waals surface area contributed by atoms with E-state index in [-0.39, 0.29) is 11.7 Å². The fourth-order valence-electron chi connectivity index (χ4n) is 1.65. The third-order valence-corrected chi connectivity index (χ3v) is 3.16. The Morgan fingerprint density at radius 3 is 2.81 bits per heavy atom. The van der Waals surface area contributed by atoms with Crippen LogP contribution < -0.4 is 10.2 Å². The third-order valence-electron chi connectivity index (χ3n) is 2.67. The second kappa shape index (κ2) is 6.90. The molecule has 21 heavy (non-hydrogen) atoms. The third kappa shape index (κ3) is 4.06. The normalized spacial score (nSPS) is 10.6. The van der Waals surface area contributed by atoms with Gasteiger partial charge in [-0.1, -0.05) is 22.0 Å². The number of phenolic OH excluding ortho intramolecular Hbond substituents is 1. The number of hydrazone groups is 1. The zero-order valence-electron chi connectivity index (χ0n) is 11.2. The van der Waals surface area contributed by atoms with Crippen LogP contribution in [0.5, 0.6) is 11.5 Å². The molecule has 0 bridgehead atoms. The summed E-state index contributed by atoms with van der Waals surface area (Å²) in [7, 11) is 1.47. The Morgan fingerprint density at radius 1 is 1.33 bits per heavy atom. The Bertz CT molecular complexity index is 686. The van der Waals surface area contributed by atoms with Gasteiger partial charge < -0.3 is 9.84 Å². The van der Waals surface area contributed by atoms with Gasteiger partial charge in [0.25, 0.3) is 5.91 Å². The summed E-state index contributed by atoms with van der Waals surface area (Å²) >= 11 is 3.30. The molecule has 0 aliphatic carbocycles. The lowest BCUT2D eigenvalue weighted by Crippen LogP contribution is -2.17. The lowest BCUT2D eigenvalue weighted by molar-refractivity contribution is 0.0955. The zero-order valence-corrected chi connectivity index (χ0v) is 12.8. The molecular formula is C15H13BrN2O3. The number of phenols is 1. The summed E-state index contributed by atoms with van der Waals surface area (Å²) in [5.74, 6) is 0.0790. The molecule has 0 heterocycles. The van der Waals surface area contributed by atoms with Gasteiger partial charge in [0.2, 0.25) is 0 Å². The minimum atomic E-state index is -0.315. The molecule has 0 saturated heterocycles. The van der Waals surface area contributed by atoms with E-state index < -0.39 is 0 Å². The molecule has 1 amide bonds. The number of benzene rings is 2. The van der Waals surface area contributed by atoms with E-state index in [4.69, 9.17) is 4.74 Å². The highest BCUT2D eigenvalue weighted by atomic mass is 79.9. The van der Waals surface area contributed by atoms with E-state index in [1.165, 1.54) is 19.4 Å². The summed E-state index contributed by atoms with van der Waals surface area (Å²) < 4.78 is 5.76.